The molecule has 0 aromatic heterocycles. The van der Waals surface area contributed by atoms with Crippen molar-refractivity contribution in [3.8, 4) is 6.07 Å². The zero-order valence-corrected chi connectivity index (χ0v) is 15.2. The summed E-state index contributed by atoms with van der Waals surface area (Å²) in [4.78, 5) is 0. The fourth-order valence-electron chi connectivity index (χ4n) is 3.37. The average molecular weight is 333 g/mol. The molecule has 1 aromatic rings. The summed E-state index contributed by atoms with van der Waals surface area (Å²) in [6.45, 7) is 7.71. The average Bonchev–Trinajstić information content (AvgIpc) is 2.55. The molecule has 23 heavy (non-hydrogen) atoms. The Labute approximate surface area is 144 Å². The van der Waals surface area contributed by atoms with Crippen LogP contribution in [0.4, 0.5) is 0 Å². The van der Waals surface area contributed by atoms with Crippen molar-refractivity contribution >= 4 is 11.9 Å². The molecule has 0 heterocycles. The van der Waals surface area contributed by atoms with Crippen molar-refractivity contribution in [2.24, 2.45) is 11.8 Å². The van der Waals surface area contributed by atoms with Gasteiger partial charge in [-0.3, -0.25) is 4.72 Å². The lowest BCUT2D eigenvalue weighted by Crippen LogP contribution is -2.35. The summed E-state index contributed by atoms with van der Waals surface area (Å²) < 4.78 is 3.47. The molecule has 126 valence electrons. The van der Waals surface area contributed by atoms with E-state index < -0.39 is 5.60 Å². The Morgan fingerprint density at radius 2 is 2.04 bits per heavy atom. The van der Waals surface area contributed by atoms with Crippen molar-refractivity contribution in [1.29, 1.82) is 5.26 Å². The van der Waals surface area contributed by atoms with E-state index in [4.69, 9.17) is 5.26 Å². The number of hydrogen-bond donors (Lipinski definition) is 2. The summed E-state index contributed by atoms with van der Waals surface area (Å²) in [5.41, 5.74) is 0.765. The summed E-state index contributed by atoms with van der Waals surface area (Å²) in [7, 11) is 0. The zero-order valence-electron chi connectivity index (χ0n) is 14.4. The van der Waals surface area contributed by atoms with Gasteiger partial charge < -0.3 is 5.11 Å². The molecule has 0 aliphatic heterocycles. The van der Waals surface area contributed by atoms with Crippen molar-refractivity contribution < 1.29 is 5.11 Å². The minimum atomic E-state index is -0.761. The highest BCUT2D eigenvalue weighted by Crippen LogP contribution is 2.41. The van der Waals surface area contributed by atoms with Gasteiger partial charge >= 0.3 is 0 Å². The Morgan fingerprint density at radius 1 is 1.35 bits per heavy atom. The Bertz CT molecular complexity index is 545. The van der Waals surface area contributed by atoms with Crippen LogP contribution in [0.2, 0.25) is 0 Å². The molecule has 4 heteroatoms. The van der Waals surface area contributed by atoms with Crippen LogP contribution in [-0.2, 0) is 5.60 Å². The van der Waals surface area contributed by atoms with Crippen molar-refractivity contribution in [3.05, 3.63) is 35.4 Å². The first-order valence-electron chi connectivity index (χ1n) is 8.56. The van der Waals surface area contributed by atoms with Crippen molar-refractivity contribution in [2.45, 2.75) is 57.3 Å². The van der Waals surface area contributed by atoms with Crippen LogP contribution in [0, 0.1) is 23.2 Å². The maximum absolute atomic E-state index is 11.0. The molecule has 1 saturated carbocycles. The fourth-order valence-corrected chi connectivity index (χ4v) is 4.06. The van der Waals surface area contributed by atoms with Gasteiger partial charge in [0.15, 0.2) is 0 Å². The normalized spacial score (nSPS) is 26.0. The highest BCUT2D eigenvalue weighted by molar-refractivity contribution is 7.97. The number of nitriles is 1. The lowest BCUT2D eigenvalue weighted by molar-refractivity contribution is -0.0207. The zero-order chi connectivity index (χ0) is 16.9. The fraction of sp³-hybridized carbons (Fsp3) is 0.632. The summed E-state index contributed by atoms with van der Waals surface area (Å²) in [5.74, 6) is 1.28. The van der Waals surface area contributed by atoms with E-state index in [2.05, 4.69) is 31.6 Å². The largest absolute Gasteiger partial charge is 0.385 e. The molecule has 1 aliphatic rings. The smallest absolute Gasteiger partial charge is 0.0991 e. The Balaban J connectivity index is 1.90. The third-order valence-electron chi connectivity index (χ3n) is 4.92. The number of benzene rings is 1. The maximum atomic E-state index is 11.0. The van der Waals surface area contributed by atoms with E-state index in [1.54, 1.807) is 18.0 Å². The molecule has 1 fully saturated rings. The topological polar surface area (TPSA) is 56.0 Å². The van der Waals surface area contributed by atoms with Gasteiger partial charge in [0, 0.05) is 11.8 Å². The van der Waals surface area contributed by atoms with Crippen molar-refractivity contribution in [3.63, 3.8) is 0 Å². The highest BCUT2D eigenvalue weighted by Gasteiger charge is 2.36. The van der Waals surface area contributed by atoms with Crippen molar-refractivity contribution in [2.75, 3.05) is 6.54 Å². The van der Waals surface area contributed by atoms with E-state index in [1.807, 2.05) is 18.2 Å². The van der Waals surface area contributed by atoms with Gasteiger partial charge in [-0.05, 0) is 55.2 Å². The monoisotopic (exact) mass is 332 g/mol. The SMILES string of the molecule is CC(C)SNCC(C)C1CCC(O)(c2cccc(C#N)c2)CC1. The quantitative estimate of drug-likeness (QED) is 0.766. The number of nitrogens with zero attached hydrogens (tertiary/aromatic N) is 1. The third-order valence-corrected chi connectivity index (χ3v) is 5.72. The molecule has 1 atom stereocenters. The highest BCUT2D eigenvalue weighted by atomic mass is 32.2. The number of aliphatic hydroxyl groups is 1. The molecule has 0 spiro atoms. The van der Waals surface area contributed by atoms with Crippen LogP contribution in [0.1, 0.15) is 57.6 Å². The van der Waals surface area contributed by atoms with Gasteiger partial charge in [-0.2, -0.15) is 5.26 Å². The molecule has 2 rings (SSSR count). The second kappa shape index (κ2) is 8.19. The van der Waals surface area contributed by atoms with E-state index in [-0.39, 0.29) is 0 Å². The molecule has 1 unspecified atom stereocenters. The first kappa shape index (κ1) is 18.3. The molecule has 0 amide bonds. The lowest BCUT2D eigenvalue weighted by Gasteiger charge is -2.38. The summed E-state index contributed by atoms with van der Waals surface area (Å²) in [6, 6.07) is 9.61. The molecule has 1 aliphatic carbocycles. The standard InChI is InChI=1S/C19H28N2OS/c1-14(2)23-21-13-15(3)17-7-9-19(22,10-8-17)18-6-4-5-16(11-18)12-20/h4-6,11,14-15,17,21-22H,7-10,13H2,1-3H3. The number of rotatable bonds is 6. The van der Waals surface area contributed by atoms with Crippen molar-refractivity contribution in [1.82, 2.24) is 4.72 Å². The minimum Gasteiger partial charge on any atom is -0.385 e. The van der Waals surface area contributed by atoms with Crippen LogP contribution in [-0.4, -0.2) is 16.9 Å². The Hall–Kier alpha value is -1.02. The Morgan fingerprint density at radius 3 is 2.65 bits per heavy atom. The van der Waals surface area contributed by atoms with Crippen LogP contribution in [0.25, 0.3) is 0 Å². The van der Waals surface area contributed by atoms with Crippen LogP contribution >= 0.6 is 11.9 Å². The number of hydrogen-bond acceptors (Lipinski definition) is 4. The first-order chi connectivity index (χ1) is 10.9. The summed E-state index contributed by atoms with van der Waals surface area (Å²) in [5, 5.41) is 20.6. The van der Waals surface area contributed by atoms with Gasteiger partial charge in [0.2, 0.25) is 0 Å². The second-order valence-electron chi connectivity index (χ2n) is 7.05. The Kier molecular flexibility index (Phi) is 6.52. The summed E-state index contributed by atoms with van der Waals surface area (Å²) >= 11 is 1.79. The minimum absolute atomic E-state index is 0.603. The van der Waals surface area contributed by atoms with E-state index in [1.165, 1.54) is 0 Å². The maximum Gasteiger partial charge on any atom is 0.0991 e. The van der Waals surface area contributed by atoms with Crippen LogP contribution in [0.3, 0.4) is 0 Å². The molecule has 0 bridgehead atoms. The predicted molar refractivity (Wildman–Crippen MR) is 96.9 cm³/mol. The van der Waals surface area contributed by atoms with E-state index in [0.717, 1.165) is 37.8 Å². The molecule has 0 saturated heterocycles. The van der Waals surface area contributed by atoms with Gasteiger partial charge in [-0.15, -0.1) is 0 Å². The van der Waals surface area contributed by atoms with Gasteiger partial charge in [0.05, 0.1) is 17.2 Å². The van der Waals surface area contributed by atoms with Gasteiger partial charge in [-0.25, -0.2) is 0 Å². The molecule has 0 radical (unpaired) electrons. The van der Waals surface area contributed by atoms with Crippen LogP contribution in [0.15, 0.2) is 24.3 Å². The first-order valence-corrected chi connectivity index (χ1v) is 9.44. The molecule has 2 N–H and O–H groups in total. The third kappa shape index (κ3) is 4.97. The summed E-state index contributed by atoms with van der Waals surface area (Å²) in [6.07, 6.45) is 3.66. The van der Waals surface area contributed by atoms with E-state index in [9.17, 15) is 5.11 Å². The number of nitrogens with one attached hydrogen (secondary N) is 1. The van der Waals surface area contributed by atoms with Gasteiger partial charge in [0.25, 0.3) is 0 Å². The van der Waals surface area contributed by atoms with E-state index >= 15 is 0 Å². The molecule has 1 aromatic carbocycles. The molecular weight excluding hydrogens is 304 g/mol. The van der Waals surface area contributed by atoms with E-state index in [0.29, 0.717) is 22.6 Å². The molecule has 3 nitrogen and oxygen atoms in total. The second-order valence-corrected chi connectivity index (χ2v) is 8.52. The molecular formula is C19H28N2OS. The van der Waals surface area contributed by atoms with Crippen LogP contribution in [0.5, 0.6) is 0 Å². The van der Waals surface area contributed by atoms with Gasteiger partial charge in [0.1, 0.15) is 0 Å². The van der Waals surface area contributed by atoms with Crippen LogP contribution < -0.4 is 4.72 Å². The predicted octanol–water partition coefficient (Wildman–Crippen LogP) is 4.22. The van der Waals surface area contributed by atoms with Gasteiger partial charge in [-0.1, -0.05) is 44.9 Å². The lowest BCUT2D eigenvalue weighted by atomic mass is 9.71.